The summed E-state index contributed by atoms with van der Waals surface area (Å²) in [5.41, 5.74) is 2.81. The monoisotopic (exact) mass is 469 g/mol. The van der Waals surface area contributed by atoms with Crippen LogP contribution >= 0.6 is 39.1 Å². The predicted octanol–water partition coefficient (Wildman–Crippen LogP) is 4.84. The van der Waals surface area contributed by atoms with Gasteiger partial charge >= 0.3 is 0 Å². The van der Waals surface area contributed by atoms with Gasteiger partial charge in [-0.1, -0.05) is 29.3 Å². The third kappa shape index (κ3) is 4.91. The fraction of sp³-hybridized carbons (Fsp3) is 0.278. The number of anilines is 1. The molecule has 0 radical (unpaired) electrons. The van der Waals surface area contributed by atoms with E-state index < -0.39 is 0 Å². The summed E-state index contributed by atoms with van der Waals surface area (Å²) in [7, 11) is 0. The number of halogens is 3. The van der Waals surface area contributed by atoms with E-state index in [9.17, 15) is 4.79 Å². The zero-order valence-electron chi connectivity index (χ0n) is 14.8. The smallest absolute Gasteiger partial charge is 0.227 e. The van der Waals surface area contributed by atoms with E-state index in [1.165, 1.54) is 0 Å². The van der Waals surface area contributed by atoms with Crippen molar-refractivity contribution in [2.75, 3.05) is 5.32 Å². The zero-order chi connectivity index (χ0) is 19.6. The largest absolute Gasteiger partial charge is 0.309 e. The summed E-state index contributed by atoms with van der Waals surface area (Å²) >= 11 is 15.6. The molecule has 3 rings (SSSR count). The number of rotatable bonds is 6. The van der Waals surface area contributed by atoms with Gasteiger partial charge in [0.15, 0.2) is 5.82 Å². The normalized spacial score (nSPS) is 11.0. The van der Waals surface area contributed by atoms with Gasteiger partial charge in [-0.25, -0.2) is 0 Å². The third-order valence-electron chi connectivity index (χ3n) is 4.10. The lowest BCUT2D eigenvalue weighted by atomic mass is 10.2. The second-order valence-corrected chi connectivity index (χ2v) is 7.78. The van der Waals surface area contributed by atoms with Crippen LogP contribution in [0.25, 0.3) is 0 Å². The molecule has 9 heteroatoms. The number of nitrogens with zero attached hydrogens (tertiary/aromatic N) is 4. The molecule has 0 atom stereocenters. The summed E-state index contributed by atoms with van der Waals surface area (Å²) in [6.07, 6.45) is 2.10. The molecule has 0 saturated heterocycles. The lowest BCUT2D eigenvalue weighted by molar-refractivity contribution is -0.116. The highest BCUT2D eigenvalue weighted by atomic mass is 79.9. The van der Waals surface area contributed by atoms with Crippen molar-refractivity contribution in [1.29, 1.82) is 0 Å². The van der Waals surface area contributed by atoms with Gasteiger partial charge in [0.2, 0.25) is 5.91 Å². The number of carbonyl (C=O) groups excluding carboxylic acids is 1. The van der Waals surface area contributed by atoms with Gasteiger partial charge in [0, 0.05) is 34.4 Å². The van der Waals surface area contributed by atoms with Gasteiger partial charge in [-0.2, -0.15) is 10.2 Å². The van der Waals surface area contributed by atoms with Gasteiger partial charge < -0.3 is 5.32 Å². The van der Waals surface area contributed by atoms with Crippen LogP contribution in [0.15, 0.2) is 34.9 Å². The maximum absolute atomic E-state index is 12.2. The molecule has 142 valence electrons. The molecule has 0 aliphatic heterocycles. The molecule has 0 aliphatic rings. The number of hydrogen-bond donors (Lipinski definition) is 1. The molecule has 2 aromatic heterocycles. The molecular formula is C18H18BrCl2N5O. The first-order chi connectivity index (χ1) is 12.8. The molecule has 1 amide bonds. The first-order valence-corrected chi connectivity index (χ1v) is 9.85. The third-order valence-corrected chi connectivity index (χ3v) is 5.83. The Morgan fingerprint density at radius 2 is 2.00 bits per heavy atom. The summed E-state index contributed by atoms with van der Waals surface area (Å²) in [5.74, 6) is 0.382. The highest BCUT2D eigenvalue weighted by Crippen LogP contribution is 2.22. The molecule has 1 aromatic carbocycles. The van der Waals surface area contributed by atoms with Crippen molar-refractivity contribution >= 4 is 50.9 Å². The van der Waals surface area contributed by atoms with Crippen molar-refractivity contribution in [2.45, 2.75) is 33.4 Å². The molecule has 1 N–H and O–H groups in total. The summed E-state index contributed by atoms with van der Waals surface area (Å²) in [4.78, 5) is 12.2. The van der Waals surface area contributed by atoms with Crippen molar-refractivity contribution < 1.29 is 4.79 Å². The van der Waals surface area contributed by atoms with E-state index in [-0.39, 0.29) is 5.91 Å². The van der Waals surface area contributed by atoms with Crippen LogP contribution in [0.3, 0.4) is 0 Å². The van der Waals surface area contributed by atoms with E-state index >= 15 is 0 Å². The van der Waals surface area contributed by atoms with Gasteiger partial charge in [-0.3, -0.25) is 14.2 Å². The molecule has 0 fully saturated rings. The maximum atomic E-state index is 12.2. The lowest BCUT2D eigenvalue weighted by Crippen LogP contribution is -2.16. The van der Waals surface area contributed by atoms with Crippen LogP contribution in [0.4, 0.5) is 5.82 Å². The molecule has 0 bridgehead atoms. The van der Waals surface area contributed by atoms with Crippen LogP contribution in [0, 0.1) is 13.8 Å². The number of carbonyl (C=O) groups is 1. The van der Waals surface area contributed by atoms with E-state index in [0.717, 1.165) is 21.4 Å². The van der Waals surface area contributed by atoms with E-state index in [1.54, 1.807) is 29.1 Å². The van der Waals surface area contributed by atoms with Gasteiger partial charge in [0.25, 0.3) is 0 Å². The molecular weight excluding hydrogens is 453 g/mol. The number of nitrogens with one attached hydrogen (secondary N) is 1. The van der Waals surface area contributed by atoms with E-state index in [1.807, 2.05) is 24.6 Å². The number of hydrogen-bond acceptors (Lipinski definition) is 3. The van der Waals surface area contributed by atoms with Crippen molar-refractivity contribution in [2.24, 2.45) is 0 Å². The Hall–Kier alpha value is -1.83. The topological polar surface area (TPSA) is 64.7 Å². The Kier molecular flexibility index (Phi) is 6.24. The summed E-state index contributed by atoms with van der Waals surface area (Å²) in [6.45, 7) is 4.88. The molecule has 0 unspecified atom stereocenters. The predicted molar refractivity (Wildman–Crippen MR) is 110 cm³/mol. The second-order valence-electron chi connectivity index (χ2n) is 6.14. The molecule has 6 nitrogen and oxygen atoms in total. The van der Waals surface area contributed by atoms with Crippen LogP contribution in [0.1, 0.15) is 23.4 Å². The van der Waals surface area contributed by atoms with Crippen LogP contribution in [-0.4, -0.2) is 25.5 Å². The molecule has 2 heterocycles. The number of aromatic nitrogens is 4. The molecule has 0 spiro atoms. The van der Waals surface area contributed by atoms with Crippen molar-refractivity contribution in [1.82, 2.24) is 19.6 Å². The summed E-state index contributed by atoms with van der Waals surface area (Å²) < 4.78 is 4.51. The Morgan fingerprint density at radius 1 is 1.22 bits per heavy atom. The fourth-order valence-electron chi connectivity index (χ4n) is 2.65. The summed E-state index contributed by atoms with van der Waals surface area (Å²) in [5, 5.41) is 12.7. The standard InChI is InChI=1S/C18H18BrCl2N5O/c1-11-18(19)12(2)26(23-11)8-6-17(27)22-16-5-7-25(24-16)10-13-3-4-14(20)9-15(13)21/h3-5,7,9H,6,8,10H2,1-2H3,(H,22,24,27). The quantitative estimate of drug-likeness (QED) is 0.560. The first kappa shape index (κ1) is 19.9. The van der Waals surface area contributed by atoms with Gasteiger partial charge in [-0.05, 0) is 47.5 Å². The highest BCUT2D eigenvalue weighted by Gasteiger charge is 2.11. The van der Waals surface area contributed by atoms with Crippen molar-refractivity contribution in [3.05, 3.63) is 61.9 Å². The Bertz CT molecular complexity index is 982. The Labute approximate surface area is 175 Å². The first-order valence-electron chi connectivity index (χ1n) is 8.30. The number of amides is 1. The molecule has 0 saturated carbocycles. The minimum absolute atomic E-state index is 0.117. The van der Waals surface area contributed by atoms with Crippen LogP contribution in [0.5, 0.6) is 0 Å². The van der Waals surface area contributed by atoms with Gasteiger partial charge in [0.05, 0.1) is 23.3 Å². The molecule has 27 heavy (non-hydrogen) atoms. The minimum atomic E-state index is -0.117. The SMILES string of the molecule is Cc1nn(CCC(=O)Nc2ccn(Cc3ccc(Cl)cc3Cl)n2)c(C)c1Br. The number of aryl methyl sites for hydroxylation is 2. The lowest BCUT2D eigenvalue weighted by Gasteiger charge is -2.06. The van der Waals surface area contributed by atoms with Gasteiger partial charge in [0.1, 0.15) is 0 Å². The van der Waals surface area contributed by atoms with E-state index in [4.69, 9.17) is 23.2 Å². The molecule has 3 aromatic rings. The minimum Gasteiger partial charge on any atom is -0.309 e. The van der Waals surface area contributed by atoms with Crippen molar-refractivity contribution in [3.63, 3.8) is 0 Å². The fourth-order valence-corrected chi connectivity index (χ4v) is 3.40. The number of benzene rings is 1. The summed E-state index contributed by atoms with van der Waals surface area (Å²) in [6, 6.07) is 7.09. The van der Waals surface area contributed by atoms with Crippen LogP contribution in [0.2, 0.25) is 10.0 Å². The maximum Gasteiger partial charge on any atom is 0.227 e. The average Bonchev–Trinajstić information content (AvgIpc) is 3.15. The highest BCUT2D eigenvalue weighted by molar-refractivity contribution is 9.10. The van der Waals surface area contributed by atoms with Crippen LogP contribution < -0.4 is 5.32 Å². The second kappa shape index (κ2) is 8.46. The van der Waals surface area contributed by atoms with E-state index in [0.29, 0.717) is 35.4 Å². The zero-order valence-corrected chi connectivity index (χ0v) is 17.9. The van der Waals surface area contributed by atoms with Crippen LogP contribution in [-0.2, 0) is 17.9 Å². The van der Waals surface area contributed by atoms with Crippen molar-refractivity contribution in [3.8, 4) is 0 Å². The Morgan fingerprint density at radius 3 is 2.67 bits per heavy atom. The van der Waals surface area contributed by atoms with Gasteiger partial charge in [-0.15, -0.1) is 0 Å². The van der Waals surface area contributed by atoms with E-state index in [2.05, 4.69) is 31.4 Å². The molecule has 0 aliphatic carbocycles. The average molecular weight is 471 g/mol. The Balaban J connectivity index is 1.56.